The second-order valence-electron chi connectivity index (χ2n) is 3.98. The normalized spacial score (nSPS) is 10.8. The van der Waals surface area contributed by atoms with Gasteiger partial charge in [-0.1, -0.05) is 0 Å². The molecule has 1 heterocycles. The van der Waals surface area contributed by atoms with Gasteiger partial charge in [-0.2, -0.15) is 5.10 Å². The van der Waals surface area contributed by atoms with Crippen molar-refractivity contribution in [1.82, 2.24) is 9.78 Å². The molecule has 0 radical (unpaired) electrons. The van der Waals surface area contributed by atoms with Crippen LogP contribution in [0.2, 0.25) is 0 Å². The molecule has 3 nitrogen and oxygen atoms in total. The fraction of sp³-hybridized carbons (Fsp3) is 0.308. The third-order valence-electron chi connectivity index (χ3n) is 2.57. The Morgan fingerprint density at radius 3 is 2.65 bits per heavy atom. The van der Waals surface area contributed by atoms with Gasteiger partial charge in [-0.15, -0.1) is 0 Å². The molecule has 1 N–H and O–H groups in total. The van der Waals surface area contributed by atoms with Crippen molar-refractivity contribution in [3.05, 3.63) is 41.8 Å². The van der Waals surface area contributed by atoms with Gasteiger partial charge in [-0.25, -0.2) is 4.39 Å². The number of hydrogen-bond acceptors (Lipinski definition) is 2. The fourth-order valence-electron chi connectivity index (χ4n) is 1.79. The lowest BCUT2D eigenvalue weighted by atomic mass is 10.1. The summed E-state index contributed by atoms with van der Waals surface area (Å²) in [5, 5.41) is 13.2. The molecule has 2 aromatic rings. The summed E-state index contributed by atoms with van der Waals surface area (Å²) < 4.78 is 14.7. The van der Waals surface area contributed by atoms with Crippen molar-refractivity contribution in [2.45, 2.75) is 19.9 Å². The summed E-state index contributed by atoms with van der Waals surface area (Å²) in [6, 6.07) is 8.31. The van der Waals surface area contributed by atoms with Gasteiger partial charge >= 0.3 is 0 Å². The highest BCUT2D eigenvalue weighted by atomic mass is 19.1. The maximum absolute atomic E-state index is 12.9. The van der Waals surface area contributed by atoms with E-state index in [1.807, 2.05) is 17.7 Å². The summed E-state index contributed by atoms with van der Waals surface area (Å²) in [4.78, 5) is 0. The number of aliphatic hydroxyl groups is 1. The molecule has 0 aliphatic carbocycles. The van der Waals surface area contributed by atoms with E-state index < -0.39 is 0 Å². The van der Waals surface area contributed by atoms with Crippen LogP contribution < -0.4 is 0 Å². The first-order valence-corrected chi connectivity index (χ1v) is 5.62. The SMILES string of the molecule is Cc1cc(-c2ccc(F)cc2)n(CCCO)n1. The van der Waals surface area contributed by atoms with Gasteiger partial charge in [-0.05, 0) is 49.2 Å². The first-order valence-electron chi connectivity index (χ1n) is 5.62. The number of benzene rings is 1. The van der Waals surface area contributed by atoms with E-state index in [-0.39, 0.29) is 12.4 Å². The lowest BCUT2D eigenvalue weighted by Crippen LogP contribution is -2.04. The molecule has 0 fully saturated rings. The third-order valence-corrected chi connectivity index (χ3v) is 2.57. The zero-order valence-corrected chi connectivity index (χ0v) is 9.73. The molecule has 0 spiro atoms. The first kappa shape index (κ1) is 11.8. The lowest BCUT2D eigenvalue weighted by molar-refractivity contribution is 0.277. The van der Waals surface area contributed by atoms with Gasteiger partial charge in [0.05, 0.1) is 11.4 Å². The van der Waals surface area contributed by atoms with E-state index in [4.69, 9.17) is 5.11 Å². The number of aliphatic hydroxyl groups excluding tert-OH is 1. The monoisotopic (exact) mass is 234 g/mol. The predicted octanol–water partition coefficient (Wildman–Crippen LogP) is 2.38. The van der Waals surface area contributed by atoms with E-state index in [0.29, 0.717) is 13.0 Å². The minimum absolute atomic E-state index is 0.141. The Balaban J connectivity index is 2.33. The molecule has 0 aliphatic heterocycles. The maximum atomic E-state index is 12.9. The summed E-state index contributed by atoms with van der Waals surface area (Å²) in [5.74, 6) is -0.244. The van der Waals surface area contributed by atoms with Crippen LogP contribution in [-0.2, 0) is 6.54 Å². The average Bonchev–Trinajstić information content (AvgIpc) is 2.69. The molecule has 0 amide bonds. The van der Waals surface area contributed by atoms with E-state index in [1.165, 1.54) is 12.1 Å². The van der Waals surface area contributed by atoms with Crippen LogP contribution in [0.4, 0.5) is 4.39 Å². The fourth-order valence-corrected chi connectivity index (χ4v) is 1.79. The minimum Gasteiger partial charge on any atom is -0.396 e. The molecule has 2 rings (SSSR count). The van der Waals surface area contributed by atoms with Crippen molar-refractivity contribution in [2.24, 2.45) is 0 Å². The molecule has 0 bridgehead atoms. The molecule has 0 unspecified atom stereocenters. The average molecular weight is 234 g/mol. The Morgan fingerprint density at radius 1 is 1.29 bits per heavy atom. The summed E-state index contributed by atoms with van der Waals surface area (Å²) in [5.41, 5.74) is 2.81. The maximum Gasteiger partial charge on any atom is 0.123 e. The first-order chi connectivity index (χ1) is 8.20. The van der Waals surface area contributed by atoms with Gasteiger partial charge in [0.25, 0.3) is 0 Å². The van der Waals surface area contributed by atoms with Gasteiger partial charge in [0.1, 0.15) is 5.82 Å². The Labute approximate surface area is 99.5 Å². The Hall–Kier alpha value is -1.68. The Bertz CT molecular complexity index is 491. The number of rotatable bonds is 4. The highest BCUT2D eigenvalue weighted by molar-refractivity contribution is 5.59. The molecule has 0 saturated heterocycles. The number of hydrogen-bond donors (Lipinski definition) is 1. The summed E-state index contributed by atoms with van der Waals surface area (Å²) >= 11 is 0. The molecule has 17 heavy (non-hydrogen) atoms. The second kappa shape index (κ2) is 5.10. The standard InChI is InChI=1S/C13H15FN2O/c1-10-9-13(16(15-10)7-2-8-17)11-3-5-12(14)6-4-11/h3-6,9,17H,2,7-8H2,1H3. The molecule has 90 valence electrons. The molecular formula is C13H15FN2O. The number of halogens is 1. The van der Waals surface area contributed by atoms with Crippen LogP contribution in [0.5, 0.6) is 0 Å². The van der Waals surface area contributed by atoms with E-state index in [9.17, 15) is 4.39 Å². The minimum atomic E-state index is -0.244. The van der Waals surface area contributed by atoms with Crippen LogP contribution in [-0.4, -0.2) is 21.5 Å². The summed E-state index contributed by atoms with van der Waals surface area (Å²) in [6.45, 7) is 2.72. The van der Waals surface area contributed by atoms with Crippen LogP contribution in [0, 0.1) is 12.7 Å². The number of aromatic nitrogens is 2. The zero-order valence-electron chi connectivity index (χ0n) is 9.73. The van der Waals surface area contributed by atoms with Crippen LogP contribution in [0.15, 0.2) is 30.3 Å². The van der Waals surface area contributed by atoms with E-state index >= 15 is 0 Å². The molecule has 1 aromatic heterocycles. The summed E-state index contributed by atoms with van der Waals surface area (Å²) in [7, 11) is 0. The van der Waals surface area contributed by atoms with Gasteiger partial charge in [-0.3, -0.25) is 4.68 Å². The summed E-state index contributed by atoms with van der Waals surface area (Å²) in [6.07, 6.45) is 0.662. The van der Waals surface area contributed by atoms with Crippen LogP contribution in [0.3, 0.4) is 0 Å². The highest BCUT2D eigenvalue weighted by Gasteiger charge is 2.07. The van der Waals surface area contributed by atoms with Gasteiger partial charge < -0.3 is 5.11 Å². The van der Waals surface area contributed by atoms with Crippen LogP contribution in [0.1, 0.15) is 12.1 Å². The van der Waals surface area contributed by atoms with Crippen molar-refractivity contribution >= 4 is 0 Å². The molecule has 0 atom stereocenters. The zero-order chi connectivity index (χ0) is 12.3. The molecule has 4 heteroatoms. The quantitative estimate of drug-likeness (QED) is 0.882. The Morgan fingerprint density at radius 2 is 2.00 bits per heavy atom. The van der Waals surface area contributed by atoms with Crippen LogP contribution >= 0.6 is 0 Å². The molecule has 1 aromatic carbocycles. The largest absolute Gasteiger partial charge is 0.396 e. The van der Waals surface area contributed by atoms with Crippen molar-refractivity contribution in [2.75, 3.05) is 6.61 Å². The molecule has 0 saturated carbocycles. The number of aryl methyl sites for hydroxylation is 2. The Kier molecular flexibility index (Phi) is 3.54. The van der Waals surface area contributed by atoms with Crippen molar-refractivity contribution in [1.29, 1.82) is 0 Å². The van der Waals surface area contributed by atoms with Gasteiger partial charge in [0.2, 0.25) is 0 Å². The molecular weight excluding hydrogens is 219 g/mol. The number of nitrogens with zero attached hydrogens (tertiary/aromatic N) is 2. The van der Waals surface area contributed by atoms with Gasteiger partial charge in [0.15, 0.2) is 0 Å². The van der Waals surface area contributed by atoms with Crippen molar-refractivity contribution < 1.29 is 9.50 Å². The van der Waals surface area contributed by atoms with Gasteiger partial charge in [0, 0.05) is 13.2 Å². The second-order valence-corrected chi connectivity index (χ2v) is 3.98. The van der Waals surface area contributed by atoms with E-state index in [0.717, 1.165) is 17.0 Å². The topological polar surface area (TPSA) is 38.0 Å². The van der Waals surface area contributed by atoms with E-state index in [1.54, 1.807) is 12.1 Å². The van der Waals surface area contributed by atoms with Crippen LogP contribution in [0.25, 0.3) is 11.3 Å². The smallest absolute Gasteiger partial charge is 0.123 e. The van der Waals surface area contributed by atoms with Crippen molar-refractivity contribution in [3.8, 4) is 11.3 Å². The lowest BCUT2D eigenvalue weighted by Gasteiger charge is -2.06. The predicted molar refractivity (Wildman–Crippen MR) is 64.1 cm³/mol. The molecule has 0 aliphatic rings. The highest BCUT2D eigenvalue weighted by Crippen LogP contribution is 2.21. The third kappa shape index (κ3) is 2.71. The van der Waals surface area contributed by atoms with E-state index in [2.05, 4.69) is 5.10 Å². The van der Waals surface area contributed by atoms with Crippen molar-refractivity contribution in [3.63, 3.8) is 0 Å².